The van der Waals surface area contributed by atoms with Crippen LogP contribution in [0.4, 0.5) is 5.82 Å². The van der Waals surface area contributed by atoms with Crippen LogP contribution in [-0.2, 0) is 5.54 Å². The third-order valence-electron chi connectivity index (χ3n) is 3.59. The van der Waals surface area contributed by atoms with E-state index < -0.39 is 0 Å². The summed E-state index contributed by atoms with van der Waals surface area (Å²) in [6, 6.07) is 3.99. The van der Waals surface area contributed by atoms with Gasteiger partial charge in [0.15, 0.2) is 0 Å². The van der Waals surface area contributed by atoms with Crippen LogP contribution in [0.25, 0.3) is 0 Å². The SMILES string of the molecule is CN(C)c1ncccc1C1(N)CCC(O)CC1. The maximum Gasteiger partial charge on any atom is 0.133 e. The van der Waals surface area contributed by atoms with E-state index in [9.17, 15) is 5.11 Å². The van der Waals surface area contributed by atoms with Gasteiger partial charge in [0.25, 0.3) is 0 Å². The Hall–Kier alpha value is -1.13. The molecule has 0 aliphatic heterocycles. The van der Waals surface area contributed by atoms with E-state index in [1.807, 2.05) is 25.1 Å². The molecule has 0 atom stereocenters. The van der Waals surface area contributed by atoms with Crippen molar-refractivity contribution >= 4 is 5.82 Å². The molecule has 0 bridgehead atoms. The lowest BCUT2D eigenvalue weighted by Gasteiger charge is -2.37. The van der Waals surface area contributed by atoms with Crippen LogP contribution in [0.15, 0.2) is 18.3 Å². The van der Waals surface area contributed by atoms with Gasteiger partial charge < -0.3 is 15.7 Å². The summed E-state index contributed by atoms with van der Waals surface area (Å²) in [6.07, 6.45) is 4.80. The lowest BCUT2D eigenvalue weighted by atomic mass is 9.76. The molecule has 17 heavy (non-hydrogen) atoms. The second kappa shape index (κ2) is 4.63. The molecule has 0 spiro atoms. The average Bonchev–Trinajstić information content (AvgIpc) is 2.33. The lowest BCUT2D eigenvalue weighted by molar-refractivity contribution is 0.0969. The number of aromatic nitrogens is 1. The number of pyridine rings is 1. The minimum Gasteiger partial charge on any atom is -0.393 e. The zero-order valence-corrected chi connectivity index (χ0v) is 10.6. The molecule has 0 saturated heterocycles. The molecule has 1 aromatic rings. The van der Waals surface area contributed by atoms with Gasteiger partial charge in [-0.3, -0.25) is 0 Å². The van der Waals surface area contributed by atoms with Gasteiger partial charge in [0.2, 0.25) is 0 Å². The fraction of sp³-hybridized carbons (Fsp3) is 0.615. The van der Waals surface area contributed by atoms with Crippen LogP contribution in [-0.4, -0.2) is 30.3 Å². The van der Waals surface area contributed by atoms with E-state index in [1.165, 1.54) is 0 Å². The van der Waals surface area contributed by atoms with Gasteiger partial charge >= 0.3 is 0 Å². The topological polar surface area (TPSA) is 62.4 Å². The summed E-state index contributed by atoms with van der Waals surface area (Å²) in [7, 11) is 3.96. The summed E-state index contributed by atoms with van der Waals surface area (Å²) in [6.45, 7) is 0. The van der Waals surface area contributed by atoms with Crippen LogP contribution in [0.5, 0.6) is 0 Å². The molecule has 3 N–H and O–H groups in total. The quantitative estimate of drug-likeness (QED) is 0.809. The second-order valence-corrected chi connectivity index (χ2v) is 5.16. The van der Waals surface area contributed by atoms with Crippen LogP contribution in [0.2, 0.25) is 0 Å². The van der Waals surface area contributed by atoms with Crippen molar-refractivity contribution < 1.29 is 5.11 Å². The predicted octanol–water partition coefficient (Wildman–Crippen LogP) is 1.24. The molecule has 94 valence electrons. The highest BCUT2D eigenvalue weighted by Crippen LogP contribution is 2.38. The number of anilines is 1. The van der Waals surface area contributed by atoms with Crippen molar-refractivity contribution in [1.29, 1.82) is 0 Å². The minimum absolute atomic E-state index is 0.189. The minimum atomic E-state index is -0.340. The first-order valence-electron chi connectivity index (χ1n) is 6.13. The monoisotopic (exact) mass is 235 g/mol. The van der Waals surface area contributed by atoms with Crippen LogP contribution < -0.4 is 10.6 Å². The van der Waals surface area contributed by atoms with Crippen LogP contribution in [0.3, 0.4) is 0 Å². The summed E-state index contributed by atoms with van der Waals surface area (Å²) in [4.78, 5) is 6.40. The summed E-state index contributed by atoms with van der Waals surface area (Å²) >= 11 is 0. The van der Waals surface area contributed by atoms with Crippen LogP contribution in [0, 0.1) is 0 Å². The molecule has 0 amide bonds. The van der Waals surface area contributed by atoms with Crippen LogP contribution >= 0.6 is 0 Å². The van der Waals surface area contributed by atoms with Crippen molar-refractivity contribution in [2.45, 2.75) is 37.3 Å². The Morgan fingerprint density at radius 2 is 2.06 bits per heavy atom. The molecular weight excluding hydrogens is 214 g/mol. The van der Waals surface area contributed by atoms with Gasteiger partial charge in [0.05, 0.1) is 6.10 Å². The Morgan fingerprint density at radius 3 is 2.65 bits per heavy atom. The van der Waals surface area contributed by atoms with Crippen molar-refractivity contribution in [3.05, 3.63) is 23.9 Å². The van der Waals surface area contributed by atoms with E-state index in [4.69, 9.17) is 5.73 Å². The van der Waals surface area contributed by atoms with E-state index in [0.717, 1.165) is 37.1 Å². The molecule has 2 rings (SSSR count). The van der Waals surface area contributed by atoms with E-state index in [0.29, 0.717) is 0 Å². The predicted molar refractivity (Wildman–Crippen MR) is 68.9 cm³/mol. The molecule has 0 aromatic carbocycles. The van der Waals surface area contributed by atoms with Crippen molar-refractivity contribution in [2.24, 2.45) is 5.73 Å². The maximum absolute atomic E-state index is 9.59. The Labute approximate surface area is 102 Å². The number of hydrogen-bond donors (Lipinski definition) is 2. The summed E-state index contributed by atoms with van der Waals surface area (Å²) < 4.78 is 0. The third-order valence-corrected chi connectivity index (χ3v) is 3.59. The second-order valence-electron chi connectivity index (χ2n) is 5.16. The average molecular weight is 235 g/mol. The number of aliphatic hydroxyl groups excluding tert-OH is 1. The van der Waals surface area contributed by atoms with E-state index in [2.05, 4.69) is 11.1 Å². The number of nitrogens with zero attached hydrogens (tertiary/aromatic N) is 2. The third kappa shape index (κ3) is 2.42. The molecule has 4 heteroatoms. The summed E-state index contributed by atoms with van der Waals surface area (Å²) in [5, 5.41) is 9.59. The lowest BCUT2D eigenvalue weighted by Crippen LogP contribution is -2.42. The molecule has 1 aromatic heterocycles. The molecule has 1 heterocycles. The Morgan fingerprint density at radius 1 is 1.41 bits per heavy atom. The molecule has 0 unspecified atom stereocenters. The first kappa shape index (κ1) is 12.3. The molecule has 4 nitrogen and oxygen atoms in total. The van der Waals surface area contributed by atoms with Crippen LogP contribution in [0.1, 0.15) is 31.2 Å². The molecule has 1 saturated carbocycles. The van der Waals surface area contributed by atoms with Crippen molar-refractivity contribution in [1.82, 2.24) is 4.98 Å². The van der Waals surface area contributed by atoms with Gasteiger partial charge in [-0.05, 0) is 31.7 Å². The standard InChI is InChI=1S/C13H21N3O/c1-16(2)12-11(4-3-9-15-12)13(14)7-5-10(17)6-8-13/h3-4,9-10,17H,5-8,14H2,1-2H3. The van der Waals surface area contributed by atoms with E-state index >= 15 is 0 Å². The largest absolute Gasteiger partial charge is 0.393 e. The molecular formula is C13H21N3O. The van der Waals surface area contributed by atoms with Crippen molar-refractivity contribution in [3.63, 3.8) is 0 Å². The Bertz CT molecular complexity index is 384. The Balaban J connectivity index is 2.33. The van der Waals surface area contributed by atoms with Gasteiger partial charge in [0, 0.05) is 31.4 Å². The van der Waals surface area contributed by atoms with Crippen molar-refractivity contribution in [3.8, 4) is 0 Å². The number of hydrogen-bond acceptors (Lipinski definition) is 4. The highest BCUT2D eigenvalue weighted by Gasteiger charge is 2.35. The first-order valence-corrected chi connectivity index (χ1v) is 6.13. The van der Waals surface area contributed by atoms with Crippen molar-refractivity contribution in [2.75, 3.05) is 19.0 Å². The highest BCUT2D eigenvalue weighted by molar-refractivity contribution is 5.49. The summed E-state index contributed by atoms with van der Waals surface area (Å²) in [5.41, 5.74) is 7.26. The molecule has 1 aliphatic carbocycles. The first-order chi connectivity index (χ1) is 8.03. The molecule has 1 fully saturated rings. The van der Waals surface area contributed by atoms with Gasteiger partial charge in [0.1, 0.15) is 5.82 Å². The number of rotatable bonds is 2. The smallest absolute Gasteiger partial charge is 0.133 e. The highest BCUT2D eigenvalue weighted by atomic mass is 16.3. The number of nitrogens with two attached hydrogens (primary N) is 1. The van der Waals surface area contributed by atoms with Gasteiger partial charge in [-0.15, -0.1) is 0 Å². The number of aliphatic hydroxyl groups is 1. The van der Waals surface area contributed by atoms with Gasteiger partial charge in [-0.2, -0.15) is 0 Å². The molecule has 0 radical (unpaired) electrons. The fourth-order valence-electron chi connectivity index (χ4n) is 2.53. The van der Waals surface area contributed by atoms with E-state index in [-0.39, 0.29) is 11.6 Å². The zero-order chi connectivity index (χ0) is 12.5. The van der Waals surface area contributed by atoms with Gasteiger partial charge in [-0.1, -0.05) is 6.07 Å². The molecule has 1 aliphatic rings. The normalized spacial score (nSPS) is 29.1. The van der Waals surface area contributed by atoms with Gasteiger partial charge in [-0.25, -0.2) is 4.98 Å². The fourth-order valence-corrected chi connectivity index (χ4v) is 2.53. The summed E-state index contributed by atoms with van der Waals surface area (Å²) in [5.74, 6) is 0.936. The zero-order valence-electron chi connectivity index (χ0n) is 10.6. The maximum atomic E-state index is 9.59. The van der Waals surface area contributed by atoms with E-state index in [1.54, 1.807) is 6.20 Å². The Kier molecular flexibility index (Phi) is 3.35.